The zero-order valence-electron chi connectivity index (χ0n) is 7.56. The molecule has 0 amide bonds. The van der Waals surface area contributed by atoms with Gasteiger partial charge in [0.2, 0.25) is 0 Å². The van der Waals surface area contributed by atoms with E-state index in [1.165, 1.54) is 10.4 Å². The molecule has 0 unspecified atom stereocenters. The Bertz CT molecular complexity index is 237. The Morgan fingerprint density at radius 3 is 2.45 bits per heavy atom. The van der Waals surface area contributed by atoms with Crippen LogP contribution in [0, 0.1) is 6.92 Å². The zero-order chi connectivity index (χ0) is 8.48. The number of hydrogen-bond donors (Lipinski definition) is 1. The highest BCUT2D eigenvalue weighted by Crippen LogP contribution is 2.25. The van der Waals surface area contributed by atoms with Gasteiger partial charge in [0.25, 0.3) is 0 Å². The Balaban J connectivity index is 2.92. The number of rotatable bonds is 2. The third kappa shape index (κ3) is 1.82. The molecule has 0 aromatic carbocycles. The summed E-state index contributed by atoms with van der Waals surface area (Å²) in [5, 5.41) is 5.47. The summed E-state index contributed by atoms with van der Waals surface area (Å²) in [6.45, 7) is 6.52. The molecule has 0 saturated carbocycles. The lowest BCUT2D eigenvalue weighted by atomic mass is 10.0. The van der Waals surface area contributed by atoms with Crippen molar-refractivity contribution in [3.05, 3.63) is 21.9 Å². The van der Waals surface area contributed by atoms with Crippen LogP contribution in [0.25, 0.3) is 0 Å². The van der Waals surface area contributed by atoms with Gasteiger partial charge in [-0.25, -0.2) is 0 Å². The molecular weight excluding hydrogens is 154 g/mol. The topological polar surface area (TPSA) is 12.0 Å². The highest BCUT2D eigenvalue weighted by Gasteiger charge is 2.18. The molecule has 1 heterocycles. The molecule has 1 aromatic rings. The van der Waals surface area contributed by atoms with Crippen molar-refractivity contribution >= 4 is 11.3 Å². The molecule has 0 saturated heterocycles. The van der Waals surface area contributed by atoms with E-state index >= 15 is 0 Å². The number of hydrogen-bond acceptors (Lipinski definition) is 2. The van der Waals surface area contributed by atoms with Crippen LogP contribution < -0.4 is 5.32 Å². The maximum absolute atomic E-state index is 3.28. The van der Waals surface area contributed by atoms with E-state index in [-0.39, 0.29) is 5.54 Å². The number of aryl methyl sites for hydroxylation is 1. The fraction of sp³-hybridized carbons (Fsp3) is 0.556. The number of thiophene rings is 1. The first-order valence-corrected chi connectivity index (χ1v) is 4.69. The molecule has 0 spiro atoms. The van der Waals surface area contributed by atoms with E-state index in [0.717, 1.165) is 0 Å². The summed E-state index contributed by atoms with van der Waals surface area (Å²) in [4.78, 5) is 1.40. The van der Waals surface area contributed by atoms with Crippen molar-refractivity contribution in [1.29, 1.82) is 0 Å². The predicted octanol–water partition coefficient (Wildman–Crippen LogP) is 2.51. The van der Waals surface area contributed by atoms with Crippen LogP contribution >= 0.6 is 11.3 Å². The second-order valence-electron chi connectivity index (χ2n) is 3.36. The van der Waals surface area contributed by atoms with Crippen molar-refractivity contribution in [3.63, 3.8) is 0 Å². The fourth-order valence-electron chi connectivity index (χ4n) is 0.882. The van der Waals surface area contributed by atoms with Gasteiger partial charge in [-0.2, -0.15) is 0 Å². The largest absolute Gasteiger partial charge is 0.310 e. The Labute approximate surface area is 72.4 Å². The lowest BCUT2D eigenvalue weighted by molar-refractivity contribution is 0.454. The summed E-state index contributed by atoms with van der Waals surface area (Å²) in [5.41, 5.74) is 1.48. The first-order valence-electron chi connectivity index (χ1n) is 3.81. The lowest BCUT2D eigenvalue weighted by Crippen LogP contribution is -2.31. The molecule has 0 fully saturated rings. The first kappa shape index (κ1) is 8.75. The SMILES string of the molecule is CNC(C)(C)c1cc(C)cs1. The van der Waals surface area contributed by atoms with Crippen molar-refractivity contribution in [3.8, 4) is 0 Å². The summed E-state index contributed by atoms with van der Waals surface area (Å²) >= 11 is 1.82. The summed E-state index contributed by atoms with van der Waals surface area (Å²) in [6.07, 6.45) is 0. The van der Waals surface area contributed by atoms with Crippen molar-refractivity contribution in [2.24, 2.45) is 0 Å². The second kappa shape index (κ2) is 2.95. The minimum atomic E-state index is 0.124. The first-order chi connectivity index (χ1) is 5.06. The van der Waals surface area contributed by atoms with E-state index in [9.17, 15) is 0 Å². The van der Waals surface area contributed by atoms with E-state index in [2.05, 4.69) is 37.5 Å². The van der Waals surface area contributed by atoms with Gasteiger partial charge in [0, 0.05) is 10.4 Å². The highest BCUT2D eigenvalue weighted by molar-refractivity contribution is 7.10. The smallest absolute Gasteiger partial charge is 0.0469 e. The van der Waals surface area contributed by atoms with Gasteiger partial charge in [0.05, 0.1) is 0 Å². The third-order valence-electron chi connectivity index (χ3n) is 1.97. The molecule has 1 N–H and O–H groups in total. The van der Waals surface area contributed by atoms with E-state index in [1.54, 1.807) is 0 Å². The van der Waals surface area contributed by atoms with Crippen LogP contribution in [0.4, 0.5) is 0 Å². The molecule has 2 heteroatoms. The Morgan fingerprint density at radius 1 is 1.45 bits per heavy atom. The highest BCUT2D eigenvalue weighted by atomic mass is 32.1. The monoisotopic (exact) mass is 169 g/mol. The van der Waals surface area contributed by atoms with Gasteiger partial charge in [-0.15, -0.1) is 11.3 Å². The van der Waals surface area contributed by atoms with Crippen molar-refractivity contribution in [2.75, 3.05) is 7.05 Å². The second-order valence-corrected chi connectivity index (χ2v) is 4.27. The van der Waals surface area contributed by atoms with Crippen LogP contribution in [0.2, 0.25) is 0 Å². The Kier molecular flexibility index (Phi) is 2.35. The molecule has 0 aliphatic rings. The van der Waals surface area contributed by atoms with Crippen molar-refractivity contribution < 1.29 is 0 Å². The molecule has 62 valence electrons. The minimum absolute atomic E-state index is 0.124. The zero-order valence-corrected chi connectivity index (χ0v) is 8.38. The van der Waals surface area contributed by atoms with Crippen LogP contribution in [-0.4, -0.2) is 7.05 Å². The molecule has 0 aliphatic carbocycles. The Morgan fingerprint density at radius 2 is 2.09 bits per heavy atom. The van der Waals surface area contributed by atoms with Gasteiger partial charge in [0.15, 0.2) is 0 Å². The standard InChI is InChI=1S/C9H15NS/c1-7-5-8(11-6-7)9(2,3)10-4/h5-6,10H,1-4H3. The van der Waals surface area contributed by atoms with Crippen LogP contribution in [-0.2, 0) is 5.54 Å². The summed E-state index contributed by atoms with van der Waals surface area (Å²) in [5.74, 6) is 0. The molecule has 0 bridgehead atoms. The van der Waals surface area contributed by atoms with Crippen molar-refractivity contribution in [1.82, 2.24) is 5.32 Å². The summed E-state index contributed by atoms with van der Waals surface area (Å²) in [7, 11) is 2.00. The van der Waals surface area contributed by atoms with Crippen LogP contribution in [0.5, 0.6) is 0 Å². The van der Waals surface area contributed by atoms with Gasteiger partial charge >= 0.3 is 0 Å². The fourth-order valence-corrected chi connectivity index (χ4v) is 1.91. The molecule has 11 heavy (non-hydrogen) atoms. The van der Waals surface area contributed by atoms with Gasteiger partial charge in [-0.1, -0.05) is 0 Å². The van der Waals surface area contributed by atoms with Crippen LogP contribution in [0.15, 0.2) is 11.4 Å². The quantitative estimate of drug-likeness (QED) is 0.717. The van der Waals surface area contributed by atoms with Gasteiger partial charge < -0.3 is 5.32 Å². The molecular formula is C9H15NS. The third-order valence-corrected chi connectivity index (χ3v) is 3.34. The van der Waals surface area contributed by atoms with Crippen LogP contribution in [0.3, 0.4) is 0 Å². The van der Waals surface area contributed by atoms with E-state index in [1.807, 2.05) is 18.4 Å². The molecule has 0 atom stereocenters. The van der Waals surface area contributed by atoms with Crippen molar-refractivity contribution in [2.45, 2.75) is 26.3 Å². The van der Waals surface area contributed by atoms with Gasteiger partial charge in [0.1, 0.15) is 0 Å². The minimum Gasteiger partial charge on any atom is -0.310 e. The van der Waals surface area contributed by atoms with E-state index in [4.69, 9.17) is 0 Å². The summed E-state index contributed by atoms with van der Waals surface area (Å²) in [6, 6.07) is 2.24. The molecule has 0 aliphatic heterocycles. The molecule has 0 radical (unpaired) electrons. The predicted molar refractivity (Wildman–Crippen MR) is 51.1 cm³/mol. The van der Waals surface area contributed by atoms with Gasteiger partial charge in [-0.05, 0) is 44.8 Å². The molecule has 1 aromatic heterocycles. The number of nitrogens with one attached hydrogen (secondary N) is 1. The van der Waals surface area contributed by atoms with E-state index < -0.39 is 0 Å². The van der Waals surface area contributed by atoms with Gasteiger partial charge in [-0.3, -0.25) is 0 Å². The van der Waals surface area contributed by atoms with E-state index in [0.29, 0.717) is 0 Å². The normalized spacial score (nSPS) is 12.0. The maximum atomic E-state index is 3.28. The maximum Gasteiger partial charge on any atom is 0.0469 e. The molecule has 1 nitrogen and oxygen atoms in total. The summed E-state index contributed by atoms with van der Waals surface area (Å²) < 4.78 is 0. The average molecular weight is 169 g/mol. The van der Waals surface area contributed by atoms with Crippen LogP contribution in [0.1, 0.15) is 24.3 Å². The lowest BCUT2D eigenvalue weighted by Gasteiger charge is -2.21. The Hall–Kier alpha value is -0.340. The molecule has 1 rings (SSSR count). The average Bonchev–Trinajstić information content (AvgIpc) is 2.36.